The van der Waals surface area contributed by atoms with E-state index in [1.165, 1.54) is 25.1 Å². The van der Waals surface area contributed by atoms with Crippen LogP contribution in [-0.2, 0) is 4.79 Å². The summed E-state index contributed by atoms with van der Waals surface area (Å²) in [6.07, 6.45) is 2.74. The molecule has 0 spiro atoms. The normalized spacial score (nSPS) is 14.6. The van der Waals surface area contributed by atoms with Crippen molar-refractivity contribution in [2.45, 2.75) is 26.2 Å². The van der Waals surface area contributed by atoms with Gasteiger partial charge in [-0.05, 0) is 45.0 Å². The van der Waals surface area contributed by atoms with Gasteiger partial charge in [0.1, 0.15) is 0 Å². The molecule has 22 heavy (non-hydrogen) atoms. The number of carbonyl (C=O) groups is 1. The minimum atomic E-state index is 0.0309. The highest BCUT2D eigenvalue weighted by Gasteiger charge is 2.14. The Morgan fingerprint density at radius 1 is 1.36 bits per heavy atom. The van der Waals surface area contributed by atoms with Gasteiger partial charge in [0.05, 0.1) is 5.69 Å². The van der Waals surface area contributed by atoms with Crippen LogP contribution in [0.2, 0.25) is 0 Å². The summed E-state index contributed by atoms with van der Waals surface area (Å²) in [7, 11) is 0. The smallest absolute Gasteiger partial charge is 0.225 e. The topological polar surface area (TPSA) is 61.0 Å². The molecule has 2 N–H and O–H groups in total. The molecule has 0 atom stereocenters. The maximum atomic E-state index is 11.9. The molecule has 1 aromatic carbocycles. The Morgan fingerprint density at radius 3 is 2.91 bits per heavy atom. The first kappa shape index (κ1) is 14.8. The third-order valence-electron chi connectivity index (χ3n) is 4.11. The fraction of sp³-hybridized carbons (Fsp3) is 0.412. The molecule has 0 unspecified atom stereocenters. The summed E-state index contributed by atoms with van der Waals surface area (Å²) in [4.78, 5) is 14.3. The second-order valence-electron chi connectivity index (χ2n) is 5.83. The second-order valence-corrected chi connectivity index (χ2v) is 5.83. The van der Waals surface area contributed by atoms with E-state index < -0.39 is 0 Å². The van der Waals surface area contributed by atoms with E-state index in [9.17, 15) is 4.79 Å². The summed E-state index contributed by atoms with van der Waals surface area (Å²) in [6.45, 7) is 5.44. The maximum absolute atomic E-state index is 11.9. The van der Waals surface area contributed by atoms with E-state index in [1.54, 1.807) is 0 Å². The van der Waals surface area contributed by atoms with Crippen molar-refractivity contribution in [1.29, 1.82) is 0 Å². The van der Waals surface area contributed by atoms with Crippen molar-refractivity contribution < 1.29 is 4.79 Å². The number of likely N-dealkylation sites (tertiary alicyclic amines) is 1. The Kier molecular flexibility index (Phi) is 4.53. The highest BCUT2D eigenvalue weighted by molar-refractivity contribution is 5.90. The Morgan fingerprint density at radius 2 is 2.18 bits per heavy atom. The number of hydrogen-bond acceptors (Lipinski definition) is 3. The number of aryl methyl sites for hydroxylation is 1. The lowest BCUT2D eigenvalue weighted by molar-refractivity contribution is -0.116. The number of nitrogens with zero attached hydrogens (tertiary/aromatic N) is 2. The van der Waals surface area contributed by atoms with E-state index in [4.69, 9.17) is 0 Å². The van der Waals surface area contributed by atoms with Crippen LogP contribution in [0.25, 0.3) is 11.3 Å². The number of rotatable bonds is 6. The zero-order chi connectivity index (χ0) is 15.4. The highest BCUT2D eigenvalue weighted by Crippen LogP contribution is 2.23. The van der Waals surface area contributed by atoms with E-state index in [-0.39, 0.29) is 5.91 Å². The second kappa shape index (κ2) is 6.75. The van der Waals surface area contributed by atoms with Gasteiger partial charge in [-0.1, -0.05) is 24.3 Å². The molecule has 1 aromatic heterocycles. The van der Waals surface area contributed by atoms with Crippen LogP contribution in [0.1, 0.15) is 24.8 Å². The van der Waals surface area contributed by atoms with Crippen LogP contribution in [0.3, 0.4) is 0 Å². The van der Waals surface area contributed by atoms with Crippen molar-refractivity contribution in [3.63, 3.8) is 0 Å². The maximum Gasteiger partial charge on any atom is 0.225 e. The lowest BCUT2D eigenvalue weighted by Gasteiger charge is -2.30. The van der Waals surface area contributed by atoms with Gasteiger partial charge in [0.15, 0.2) is 5.82 Å². The first-order valence-corrected chi connectivity index (χ1v) is 7.86. The quantitative estimate of drug-likeness (QED) is 0.862. The van der Waals surface area contributed by atoms with Gasteiger partial charge < -0.3 is 10.2 Å². The molecule has 1 amide bonds. The van der Waals surface area contributed by atoms with Crippen LogP contribution < -0.4 is 5.32 Å². The molecule has 1 aliphatic heterocycles. The van der Waals surface area contributed by atoms with Gasteiger partial charge in [0, 0.05) is 18.1 Å². The van der Waals surface area contributed by atoms with Crippen molar-refractivity contribution in [3.05, 3.63) is 35.9 Å². The number of nitrogens with one attached hydrogen (secondary N) is 2. The molecule has 0 saturated carbocycles. The number of H-pyrrole nitrogens is 1. The number of hydrogen-bond donors (Lipinski definition) is 2. The van der Waals surface area contributed by atoms with E-state index in [1.807, 2.05) is 24.3 Å². The summed E-state index contributed by atoms with van der Waals surface area (Å²) in [6, 6.07) is 9.99. The standard InChI is InChI=1S/C17H22N4O/c1-13-6-2-3-7-14(13)15-12-16(20-19-15)18-17(22)8-4-9-21-10-5-11-21/h2-3,6-7,12H,4-5,8-11H2,1H3,(H2,18,19,20,22). The van der Waals surface area contributed by atoms with Gasteiger partial charge in [-0.3, -0.25) is 9.89 Å². The van der Waals surface area contributed by atoms with Crippen molar-refractivity contribution >= 4 is 11.7 Å². The predicted octanol–water partition coefficient (Wildman–Crippen LogP) is 2.81. The molecule has 1 saturated heterocycles. The van der Waals surface area contributed by atoms with Crippen molar-refractivity contribution in [3.8, 4) is 11.3 Å². The monoisotopic (exact) mass is 298 g/mol. The average Bonchev–Trinajstić information content (AvgIpc) is 2.90. The van der Waals surface area contributed by atoms with E-state index >= 15 is 0 Å². The molecule has 5 nitrogen and oxygen atoms in total. The molecule has 2 aromatic rings. The van der Waals surface area contributed by atoms with Gasteiger partial charge in [0.25, 0.3) is 0 Å². The van der Waals surface area contributed by atoms with Crippen LogP contribution in [0.15, 0.2) is 30.3 Å². The van der Waals surface area contributed by atoms with Gasteiger partial charge in [-0.25, -0.2) is 0 Å². The fourth-order valence-electron chi connectivity index (χ4n) is 2.67. The third-order valence-corrected chi connectivity index (χ3v) is 4.11. The molecule has 116 valence electrons. The Hall–Kier alpha value is -2.14. The Balaban J connectivity index is 1.52. The van der Waals surface area contributed by atoms with Gasteiger partial charge in [-0.2, -0.15) is 5.10 Å². The predicted molar refractivity (Wildman–Crippen MR) is 87.7 cm³/mol. The molecule has 1 fully saturated rings. The number of aromatic nitrogens is 2. The summed E-state index contributed by atoms with van der Waals surface area (Å²) in [5.41, 5.74) is 3.21. The zero-order valence-electron chi connectivity index (χ0n) is 12.9. The van der Waals surface area contributed by atoms with Crippen molar-refractivity contribution in [2.75, 3.05) is 25.0 Å². The lowest BCUT2D eigenvalue weighted by atomic mass is 10.1. The Labute approximate surface area is 130 Å². The Bertz CT molecular complexity index is 646. The van der Waals surface area contributed by atoms with Crippen molar-refractivity contribution in [1.82, 2.24) is 15.1 Å². The van der Waals surface area contributed by atoms with E-state index in [0.717, 1.165) is 24.2 Å². The van der Waals surface area contributed by atoms with E-state index in [0.29, 0.717) is 12.2 Å². The van der Waals surface area contributed by atoms with Gasteiger partial charge in [0.2, 0.25) is 5.91 Å². The zero-order valence-corrected chi connectivity index (χ0v) is 12.9. The molecular formula is C17H22N4O. The molecule has 2 heterocycles. The minimum Gasteiger partial charge on any atom is -0.309 e. The largest absolute Gasteiger partial charge is 0.309 e. The van der Waals surface area contributed by atoms with Crippen LogP contribution >= 0.6 is 0 Å². The highest BCUT2D eigenvalue weighted by atomic mass is 16.1. The SMILES string of the molecule is Cc1ccccc1-c1cc(NC(=O)CCCN2CCC2)n[nH]1. The summed E-state index contributed by atoms with van der Waals surface area (Å²) >= 11 is 0. The number of anilines is 1. The average molecular weight is 298 g/mol. The molecule has 0 bridgehead atoms. The first-order chi connectivity index (χ1) is 10.7. The van der Waals surface area contributed by atoms with E-state index in [2.05, 4.69) is 33.4 Å². The lowest BCUT2D eigenvalue weighted by Crippen LogP contribution is -2.37. The molecule has 3 rings (SSSR count). The van der Waals surface area contributed by atoms with Crippen molar-refractivity contribution in [2.24, 2.45) is 0 Å². The fourth-order valence-corrected chi connectivity index (χ4v) is 2.67. The number of aromatic amines is 1. The number of amides is 1. The summed E-state index contributed by atoms with van der Waals surface area (Å²) in [5, 5.41) is 10.0. The third kappa shape index (κ3) is 3.54. The van der Waals surface area contributed by atoms with Gasteiger partial charge in [-0.15, -0.1) is 0 Å². The molecule has 0 radical (unpaired) electrons. The first-order valence-electron chi connectivity index (χ1n) is 7.86. The molecular weight excluding hydrogens is 276 g/mol. The number of carbonyl (C=O) groups excluding carboxylic acids is 1. The van der Waals surface area contributed by atoms with Crippen LogP contribution in [0, 0.1) is 6.92 Å². The minimum absolute atomic E-state index is 0.0309. The molecule has 0 aliphatic carbocycles. The van der Waals surface area contributed by atoms with Gasteiger partial charge >= 0.3 is 0 Å². The number of benzene rings is 1. The molecule has 1 aliphatic rings. The summed E-state index contributed by atoms with van der Waals surface area (Å²) < 4.78 is 0. The summed E-state index contributed by atoms with van der Waals surface area (Å²) in [5.74, 6) is 0.621. The molecule has 5 heteroatoms. The van der Waals surface area contributed by atoms with Crippen LogP contribution in [-0.4, -0.2) is 40.6 Å². The van der Waals surface area contributed by atoms with Crippen LogP contribution in [0.5, 0.6) is 0 Å². The van der Waals surface area contributed by atoms with Crippen LogP contribution in [0.4, 0.5) is 5.82 Å².